The van der Waals surface area contributed by atoms with Gasteiger partial charge in [-0.25, -0.2) is 0 Å². The van der Waals surface area contributed by atoms with E-state index in [1.54, 1.807) is 12.3 Å². The number of hydrogen-bond acceptors (Lipinski definition) is 2. The second kappa shape index (κ2) is 8.57. The minimum absolute atomic E-state index is 0.229. The number of nitrogens with one attached hydrogen (secondary N) is 1. The molecule has 7 heteroatoms. The van der Waals surface area contributed by atoms with Crippen molar-refractivity contribution in [3.8, 4) is 0 Å². The number of benzene rings is 1. The van der Waals surface area contributed by atoms with Crippen molar-refractivity contribution in [1.29, 1.82) is 0 Å². The van der Waals surface area contributed by atoms with Crippen LogP contribution in [0.1, 0.15) is 57.0 Å². The largest absolute Gasteiger partial charge is 0.416 e. The molecule has 0 fully saturated rings. The highest BCUT2D eigenvalue weighted by Gasteiger charge is 2.31. The Kier molecular flexibility index (Phi) is 5.85. The Morgan fingerprint density at radius 3 is 2.68 bits per heavy atom. The summed E-state index contributed by atoms with van der Waals surface area (Å²) in [7, 11) is 0. The predicted octanol–water partition coefficient (Wildman–Crippen LogP) is 5.07. The van der Waals surface area contributed by atoms with Crippen molar-refractivity contribution < 1.29 is 18.0 Å². The summed E-state index contributed by atoms with van der Waals surface area (Å²) >= 11 is 0. The fraction of sp³-hybridized carbons (Fsp3) is 0.333. The smallest absolute Gasteiger partial charge is 0.345 e. The average Bonchev–Trinajstić information content (AvgIpc) is 3.04. The monoisotopic (exact) mass is 427 g/mol. The van der Waals surface area contributed by atoms with Gasteiger partial charge in [-0.1, -0.05) is 18.2 Å². The molecule has 0 unspecified atom stereocenters. The van der Waals surface area contributed by atoms with Gasteiger partial charge in [-0.05, 0) is 73.6 Å². The Morgan fingerprint density at radius 2 is 1.94 bits per heavy atom. The lowest BCUT2D eigenvalue weighted by Crippen LogP contribution is -2.27. The number of rotatable bonds is 5. The number of alkyl halides is 3. The van der Waals surface area contributed by atoms with Crippen molar-refractivity contribution in [2.24, 2.45) is 0 Å². The number of pyridine rings is 1. The summed E-state index contributed by atoms with van der Waals surface area (Å²) in [6.45, 7) is 2.45. The van der Waals surface area contributed by atoms with Crippen LogP contribution in [0.2, 0.25) is 0 Å². The van der Waals surface area contributed by atoms with Gasteiger partial charge in [-0.3, -0.25) is 9.78 Å². The van der Waals surface area contributed by atoms with Crippen LogP contribution < -0.4 is 5.32 Å². The minimum Gasteiger partial charge on any atom is -0.345 e. The molecule has 3 aromatic rings. The van der Waals surface area contributed by atoms with E-state index in [-0.39, 0.29) is 12.5 Å². The van der Waals surface area contributed by atoms with E-state index < -0.39 is 11.7 Å². The van der Waals surface area contributed by atoms with E-state index in [1.807, 2.05) is 29.7 Å². The first-order chi connectivity index (χ1) is 14.8. The van der Waals surface area contributed by atoms with E-state index in [2.05, 4.69) is 10.3 Å². The summed E-state index contributed by atoms with van der Waals surface area (Å²) in [4.78, 5) is 17.4. The molecule has 1 aliphatic carbocycles. The fourth-order valence-electron chi connectivity index (χ4n) is 4.32. The van der Waals surface area contributed by atoms with Gasteiger partial charge in [0, 0.05) is 18.4 Å². The predicted molar refractivity (Wildman–Crippen MR) is 112 cm³/mol. The maximum atomic E-state index is 13.2. The number of nitrogens with zero attached hydrogens (tertiary/aromatic N) is 2. The average molecular weight is 427 g/mol. The third-order valence-electron chi connectivity index (χ3n) is 5.81. The van der Waals surface area contributed by atoms with Crippen LogP contribution in [0.15, 0.2) is 48.7 Å². The van der Waals surface area contributed by atoms with Crippen molar-refractivity contribution in [1.82, 2.24) is 14.9 Å². The minimum atomic E-state index is -4.40. The molecule has 4 rings (SSSR count). The van der Waals surface area contributed by atoms with Gasteiger partial charge in [-0.15, -0.1) is 0 Å². The number of carbonyl (C=O) groups is 1. The summed E-state index contributed by atoms with van der Waals surface area (Å²) < 4.78 is 41.4. The maximum absolute atomic E-state index is 13.2. The molecule has 0 saturated heterocycles. The lowest BCUT2D eigenvalue weighted by molar-refractivity contribution is -0.137. The van der Waals surface area contributed by atoms with Crippen molar-refractivity contribution in [2.75, 3.05) is 0 Å². The lowest BCUT2D eigenvalue weighted by atomic mass is 9.95. The number of hydrogen-bond donors (Lipinski definition) is 1. The fourth-order valence-corrected chi connectivity index (χ4v) is 4.32. The topological polar surface area (TPSA) is 46.9 Å². The van der Waals surface area contributed by atoms with Crippen molar-refractivity contribution in [3.63, 3.8) is 0 Å². The first-order valence-corrected chi connectivity index (χ1v) is 10.4. The molecule has 2 heterocycles. The van der Waals surface area contributed by atoms with Gasteiger partial charge < -0.3 is 9.88 Å². The first-order valence-electron chi connectivity index (χ1n) is 10.4. The molecule has 1 aliphatic rings. The summed E-state index contributed by atoms with van der Waals surface area (Å²) in [6, 6.07) is 10.8. The van der Waals surface area contributed by atoms with Crippen molar-refractivity contribution in [2.45, 2.75) is 51.9 Å². The second-order valence-electron chi connectivity index (χ2n) is 7.89. The number of amides is 1. The van der Waals surface area contributed by atoms with E-state index in [0.717, 1.165) is 54.3 Å². The number of aromatic nitrogens is 2. The van der Waals surface area contributed by atoms with Crippen LogP contribution in [0.4, 0.5) is 13.2 Å². The van der Waals surface area contributed by atoms with Crippen LogP contribution in [0.25, 0.3) is 0 Å². The van der Waals surface area contributed by atoms with Crippen LogP contribution in [0.3, 0.4) is 0 Å². The molecule has 0 bridgehead atoms. The molecule has 0 saturated carbocycles. The van der Waals surface area contributed by atoms with Crippen molar-refractivity contribution in [3.05, 3.63) is 88.0 Å². The van der Waals surface area contributed by atoms with E-state index in [0.29, 0.717) is 17.8 Å². The standard InChI is InChI=1S/C24H24F3N3O/c1-16-20-10-2-3-11-21(20)30(15-17-7-6-8-18(13-17)24(25,26)27)22(16)23(31)29-14-19-9-4-5-12-28-19/h4-9,12-13H,2-3,10-11,14-15H2,1H3,(H,29,31). The normalized spacial score (nSPS) is 13.7. The highest BCUT2D eigenvalue weighted by atomic mass is 19.4. The Labute approximate surface area is 179 Å². The van der Waals surface area contributed by atoms with Crippen LogP contribution in [-0.2, 0) is 32.1 Å². The number of halogens is 3. The van der Waals surface area contributed by atoms with E-state index in [4.69, 9.17) is 0 Å². The molecule has 4 nitrogen and oxygen atoms in total. The molecule has 162 valence electrons. The van der Waals surface area contributed by atoms with Crippen LogP contribution in [0.5, 0.6) is 0 Å². The first kappa shape index (κ1) is 21.2. The Bertz CT molecular complexity index is 1090. The highest BCUT2D eigenvalue weighted by molar-refractivity contribution is 5.95. The van der Waals surface area contributed by atoms with Gasteiger partial charge in [0.1, 0.15) is 5.69 Å². The van der Waals surface area contributed by atoms with E-state index in [9.17, 15) is 18.0 Å². The third kappa shape index (κ3) is 4.50. The van der Waals surface area contributed by atoms with Gasteiger partial charge in [-0.2, -0.15) is 13.2 Å². The van der Waals surface area contributed by atoms with Crippen molar-refractivity contribution >= 4 is 5.91 Å². The zero-order valence-corrected chi connectivity index (χ0v) is 17.3. The molecule has 0 atom stereocenters. The van der Waals surface area contributed by atoms with Gasteiger partial charge in [0.05, 0.1) is 17.8 Å². The zero-order valence-electron chi connectivity index (χ0n) is 17.3. The van der Waals surface area contributed by atoms with Gasteiger partial charge >= 0.3 is 6.18 Å². The Morgan fingerprint density at radius 1 is 1.13 bits per heavy atom. The Balaban J connectivity index is 1.67. The van der Waals surface area contributed by atoms with E-state index in [1.165, 1.54) is 12.1 Å². The maximum Gasteiger partial charge on any atom is 0.416 e. The Hall–Kier alpha value is -3.09. The molecule has 1 N–H and O–H groups in total. The lowest BCUT2D eigenvalue weighted by Gasteiger charge is -2.18. The summed E-state index contributed by atoms with van der Waals surface area (Å²) in [5.74, 6) is -0.232. The molecular weight excluding hydrogens is 403 g/mol. The summed E-state index contributed by atoms with van der Waals surface area (Å²) in [5, 5.41) is 2.92. The SMILES string of the molecule is Cc1c2c(n(Cc3cccc(C(F)(F)F)c3)c1C(=O)NCc1ccccn1)CCCC2. The summed E-state index contributed by atoms with van der Waals surface area (Å²) in [6.07, 6.45) is 1.04. The highest BCUT2D eigenvalue weighted by Crippen LogP contribution is 2.32. The van der Waals surface area contributed by atoms with E-state index >= 15 is 0 Å². The van der Waals surface area contributed by atoms with Crippen LogP contribution in [-0.4, -0.2) is 15.5 Å². The number of fused-ring (bicyclic) bond motifs is 1. The quantitative estimate of drug-likeness (QED) is 0.618. The zero-order chi connectivity index (χ0) is 22.0. The molecule has 2 aromatic heterocycles. The van der Waals surface area contributed by atoms with Gasteiger partial charge in [0.2, 0.25) is 0 Å². The molecule has 0 radical (unpaired) electrons. The van der Waals surface area contributed by atoms with Crippen LogP contribution >= 0.6 is 0 Å². The third-order valence-corrected chi connectivity index (χ3v) is 5.81. The second-order valence-corrected chi connectivity index (χ2v) is 7.89. The molecular formula is C24H24F3N3O. The molecule has 0 spiro atoms. The number of carbonyl (C=O) groups excluding carboxylic acids is 1. The van der Waals surface area contributed by atoms with Crippen LogP contribution in [0, 0.1) is 6.92 Å². The molecule has 0 aliphatic heterocycles. The van der Waals surface area contributed by atoms with Gasteiger partial charge in [0.15, 0.2) is 0 Å². The molecule has 1 aromatic carbocycles. The molecule has 31 heavy (non-hydrogen) atoms. The summed E-state index contributed by atoms with van der Waals surface area (Å²) in [5.41, 5.74) is 4.25. The molecule has 1 amide bonds. The van der Waals surface area contributed by atoms with Gasteiger partial charge in [0.25, 0.3) is 5.91 Å².